The molecule has 1 aliphatic heterocycles. The van der Waals surface area contributed by atoms with Crippen LogP contribution in [0.1, 0.15) is 5.69 Å². The van der Waals surface area contributed by atoms with E-state index in [0.29, 0.717) is 39.5 Å². The lowest BCUT2D eigenvalue weighted by Crippen LogP contribution is -2.38. The maximum atomic E-state index is 13.5. The molecule has 1 aliphatic rings. The SMILES string of the molecule is Cc1nn(CCNS(=O)(=O)C(F)(F)F)c(-c2ccc(F)cc2)c1-c1ccc2c(c1)NC(=O)CO2. The molecular formula is C21H18F4N4O4S. The molecule has 0 saturated carbocycles. The van der Waals surface area contributed by atoms with Gasteiger partial charge in [0.25, 0.3) is 5.91 Å². The van der Waals surface area contributed by atoms with Crippen LogP contribution >= 0.6 is 0 Å². The number of carbonyl (C=O) groups is 1. The van der Waals surface area contributed by atoms with E-state index < -0.39 is 27.9 Å². The Kier molecular flexibility index (Phi) is 6.08. The Balaban J connectivity index is 1.75. The minimum absolute atomic E-state index is 0.113. The highest BCUT2D eigenvalue weighted by Gasteiger charge is 2.45. The summed E-state index contributed by atoms with van der Waals surface area (Å²) in [7, 11) is -5.52. The second kappa shape index (κ2) is 8.72. The van der Waals surface area contributed by atoms with Gasteiger partial charge in [-0.2, -0.15) is 18.3 Å². The fourth-order valence-corrected chi connectivity index (χ4v) is 4.12. The van der Waals surface area contributed by atoms with Crippen LogP contribution in [-0.4, -0.2) is 42.8 Å². The number of alkyl halides is 3. The van der Waals surface area contributed by atoms with Gasteiger partial charge in [0.1, 0.15) is 11.6 Å². The second-order valence-electron chi connectivity index (χ2n) is 7.43. The molecule has 0 unspecified atom stereocenters. The number of aryl methyl sites for hydroxylation is 1. The average Bonchev–Trinajstić information content (AvgIpc) is 3.08. The molecule has 0 bridgehead atoms. The Bertz CT molecular complexity index is 1350. The van der Waals surface area contributed by atoms with Gasteiger partial charge in [0.05, 0.1) is 23.6 Å². The minimum Gasteiger partial charge on any atom is -0.482 e. The molecule has 180 valence electrons. The van der Waals surface area contributed by atoms with Crippen LogP contribution in [0.4, 0.5) is 23.2 Å². The van der Waals surface area contributed by atoms with Gasteiger partial charge in [-0.1, -0.05) is 6.07 Å². The van der Waals surface area contributed by atoms with Crippen LogP contribution in [-0.2, 0) is 21.4 Å². The van der Waals surface area contributed by atoms with Crippen molar-refractivity contribution in [3.63, 3.8) is 0 Å². The summed E-state index contributed by atoms with van der Waals surface area (Å²) in [6.07, 6.45) is 0. The third kappa shape index (κ3) is 4.61. The maximum absolute atomic E-state index is 13.5. The first-order valence-electron chi connectivity index (χ1n) is 9.92. The lowest BCUT2D eigenvalue weighted by atomic mass is 9.98. The van der Waals surface area contributed by atoms with Crippen molar-refractivity contribution in [1.82, 2.24) is 14.5 Å². The molecule has 2 aromatic carbocycles. The second-order valence-corrected chi connectivity index (χ2v) is 9.19. The van der Waals surface area contributed by atoms with Crippen LogP contribution in [0.15, 0.2) is 42.5 Å². The van der Waals surface area contributed by atoms with Crippen molar-refractivity contribution in [3.8, 4) is 28.1 Å². The van der Waals surface area contributed by atoms with Crippen LogP contribution in [0.3, 0.4) is 0 Å². The van der Waals surface area contributed by atoms with Gasteiger partial charge < -0.3 is 10.1 Å². The third-order valence-corrected chi connectivity index (χ3v) is 6.26. The zero-order valence-electron chi connectivity index (χ0n) is 17.6. The van der Waals surface area contributed by atoms with Crippen LogP contribution in [0, 0.1) is 12.7 Å². The third-order valence-electron chi connectivity index (χ3n) is 5.07. The zero-order chi connectivity index (χ0) is 24.7. The van der Waals surface area contributed by atoms with Gasteiger partial charge in [-0.3, -0.25) is 9.48 Å². The summed E-state index contributed by atoms with van der Waals surface area (Å²) in [5, 5.41) is 7.09. The molecule has 1 amide bonds. The number of aromatic nitrogens is 2. The molecule has 13 heteroatoms. The molecule has 4 rings (SSSR count). The number of anilines is 1. The molecule has 0 fully saturated rings. The lowest BCUT2D eigenvalue weighted by molar-refractivity contribution is -0.118. The normalized spacial score (nSPS) is 13.9. The van der Waals surface area contributed by atoms with E-state index in [1.54, 1.807) is 25.1 Å². The molecule has 0 spiro atoms. The molecule has 0 radical (unpaired) electrons. The smallest absolute Gasteiger partial charge is 0.482 e. The Labute approximate surface area is 191 Å². The zero-order valence-corrected chi connectivity index (χ0v) is 18.4. The van der Waals surface area contributed by atoms with Crippen LogP contribution in [0.2, 0.25) is 0 Å². The maximum Gasteiger partial charge on any atom is 0.511 e. The lowest BCUT2D eigenvalue weighted by Gasteiger charge is -2.19. The highest BCUT2D eigenvalue weighted by atomic mass is 32.2. The summed E-state index contributed by atoms with van der Waals surface area (Å²) in [6.45, 7) is 0.754. The predicted molar refractivity (Wildman–Crippen MR) is 115 cm³/mol. The summed E-state index contributed by atoms with van der Waals surface area (Å²) in [5.74, 6) is -0.342. The number of sulfonamides is 1. The van der Waals surface area contributed by atoms with E-state index in [0.717, 1.165) is 0 Å². The first kappa shape index (κ1) is 23.7. The average molecular weight is 498 g/mol. The highest BCUT2D eigenvalue weighted by molar-refractivity contribution is 7.90. The molecule has 1 aromatic heterocycles. The van der Waals surface area contributed by atoms with Gasteiger partial charge in [0.15, 0.2) is 6.61 Å². The summed E-state index contributed by atoms with van der Waals surface area (Å²) >= 11 is 0. The molecule has 2 N–H and O–H groups in total. The van der Waals surface area contributed by atoms with Crippen molar-refractivity contribution in [1.29, 1.82) is 0 Å². The summed E-state index contributed by atoms with van der Waals surface area (Å²) < 4.78 is 82.4. The van der Waals surface area contributed by atoms with Crippen molar-refractivity contribution in [3.05, 3.63) is 54.0 Å². The van der Waals surface area contributed by atoms with Crippen molar-refractivity contribution >= 4 is 21.6 Å². The number of nitrogens with zero attached hydrogens (tertiary/aromatic N) is 2. The van der Waals surface area contributed by atoms with Gasteiger partial charge in [-0.05, 0) is 48.9 Å². The number of fused-ring (bicyclic) bond motifs is 1. The molecule has 2 heterocycles. The summed E-state index contributed by atoms with van der Waals surface area (Å²) in [5.41, 5.74) is -2.38. The van der Waals surface area contributed by atoms with E-state index in [2.05, 4.69) is 10.4 Å². The number of hydrogen-bond donors (Lipinski definition) is 2. The monoisotopic (exact) mass is 498 g/mol. The topological polar surface area (TPSA) is 102 Å². The van der Waals surface area contributed by atoms with Gasteiger partial charge in [-0.15, -0.1) is 0 Å². The molecule has 3 aromatic rings. The molecule has 8 nitrogen and oxygen atoms in total. The summed E-state index contributed by atoms with van der Waals surface area (Å²) in [4.78, 5) is 11.7. The number of halogens is 4. The Hall–Kier alpha value is -3.45. The summed E-state index contributed by atoms with van der Waals surface area (Å²) in [6, 6.07) is 10.5. The van der Waals surface area contributed by atoms with Gasteiger partial charge in [0, 0.05) is 17.7 Å². The number of benzene rings is 2. The first-order chi connectivity index (χ1) is 16.0. The molecule has 0 saturated heterocycles. The first-order valence-corrected chi connectivity index (χ1v) is 11.4. The number of rotatable bonds is 6. The number of nitrogens with one attached hydrogen (secondary N) is 2. The molecule has 0 aliphatic carbocycles. The number of amides is 1. The van der Waals surface area contributed by atoms with Crippen LogP contribution < -0.4 is 14.8 Å². The van der Waals surface area contributed by atoms with Crippen molar-refractivity contribution in [2.45, 2.75) is 19.0 Å². The van der Waals surface area contributed by atoms with E-state index in [1.807, 2.05) is 0 Å². The van der Waals surface area contributed by atoms with Crippen molar-refractivity contribution in [2.24, 2.45) is 0 Å². The highest BCUT2D eigenvalue weighted by Crippen LogP contribution is 2.39. The number of carbonyl (C=O) groups excluding carboxylic acids is 1. The van der Waals surface area contributed by atoms with Crippen molar-refractivity contribution < 1.29 is 35.5 Å². The largest absolute Gasteiger partial charge is 0.511 e. The fourth-order valence-electron chi connectivity index (χ4n) is 3.60. The minimum atomic E-state index is -5.52. The quantitative estimate of drug-likeness (QED) is 0.507. The van der Waals surface area contributed by atoms with E-state index in [9.17, 15) is 30.8 Å². The van der Waals surface area contributed by atoms with E-state index in [1.165, 1.54) is 33.7 Å². The van der Waals surface area contributed by atoms with E-state index in [4.69, 9.17) is 4.74 Å². The Morgan fingerprint density at radius 2 is 1.82 bits per heavy atom. The van der Waals surface area contributed by atoms with Gasteiger partial charge in [0.2, 0.25) is 0 Å². The van der Waals surface area contributed by atoms with Gasteiger partial charge in [-0.25, -0.2) is 17.5 Å². The van der Waals surface area contributed by atoms with E-state index in [-0.39, 0.29) is 19.1 Å². The number of hydrogen-bond acceptors (Lipinski definition) is 5. The van der Waals surface area contributed by atoms with Gasteiger partial charge >= 0.3 is 15.5 Å². The molecular weight excluding hydrogens is 480 g/mol. The van der Waals surface area contributed by atoms with E-state index >= 15 is 0 Å². The molecule has 0 atom stereocenters. The van der Waals surface area contributed by atoms with Crippen molar-refractivity contribution in [2.75, 3.05) is 18.5 Å². The fraction of sp³-hybridized carbons (Fsp3) is 0.238. The van der Waals surface area contributed by atoms with Crippen LogP contribution in [0.5, 0.6) is 5.75 Å². The molecule has 34 heavy (non-hydrogen) atoms. The standard InChI is InChI=1S/C21H18F4N4O4S/c1-12-19(14-4-7-17-16(10-14)27-18(30)11-33-17)20(13-2-5-15(22)6-3-13)29(28-12)9-8-26-34(31,32)21(23,24)25/h2-7,10,26H,8-9,11H2,1H3,(H,27,30). The number of ether oxygens (including phenoxy) is 1. The Morgan fingerprint density at radius 1 is 1.15 bits per heavy atom. The Morgan fingerprint density at radius 3 is 2.50 bits per heavy atom. The van der Waals surface area contributed by atoms with Crippen LogP contribution in [0.25, 0.3) is 22.4 Å². The predicted octanol–water partition coefficient (Wildman–Crippen LogP) is 3.43.